The molecule has 1 rings (SSSR count). The van der Waals surface area contributed by atoms with E-state index in [-0.39, 0.29) is 5.41 Å². The summed E-state index contributed by atoms with van der Waals surface area (Å²) in [7, 11) is 0. The summed E-state index contributed by atoms with van der Waals surface area (Å²) in [6.45, 7) is 6.76. The fourth-order valence-corrected chi connectivity index (χ4v) is 1.40. The van der Waals surface area contributed by atoms with Crippen molar-refractivity contribution in [3.8, 4) is 0 Å². The first-order chi connectivity index (χ1) is 5.47. The minimum absolute atomic E-state index is 0.0563. The fraction of sp³-hybridized carbons (Fsp3) is 0.778. The maximum absolute atomic E-state index is 5.61. The molecule has 70 valence electrons. The molecule has 0 bridgehead atoms. The monoisotopic (exact) mass is 171 g/mol. The molecule has 0 radical (unpaired) electrons. The van der Waals surface area contributed by atoms with Crippen molar-refractivity contribution in [1.82, 2.24) is 0 Å². The molecule has 0 aromatic heterocycles. The standard InChI is InChI=1S/C9H17NO2/c1-8(2,7-10)6-9(3)11-4-5-12-9/h4-5H,6-7,10H2,1-3H3. The van der Waals surface area contributed by atoms with Gasteiger partial charge in [-0.2, -0.15) is 0 Å². The Morgan fingerprint density at radius 2 is 1.83 bits per heavy atom. The topological polar surface area (TPSA) is 44.5 Å². The number of hydrogen-bond donors (Lipinski definition) is 1. The van der Waals surface area contributed by atoms with Gasteiger partial charge in [0.1, 0.15) is 12.5 Å². The van der Waals surface area contributed by atoms with Gasteiger partial charge in [-0.15, -0.1) is 0 Å². The molecule has 0 atom stereocenters. The Hall–Kier alpha value is -0.700. The quantitative estimate of drug-likeness (QED) is 0.701. The Morgan fingerprint density at radius 3 is 2.25 bits per heavy atom. The Labute approximate surface area is 73.5 Å². The molecular formula is C9H17NO2. The Kier molecular flexibility index (Phi) is 2.33. The van der Waals surface area contributed by atoms with Gasteiger partial charge >= 0.3 is 0 Å². The van der Waals surface area contributed by atoms with Crippen LogP contribution in [0.3, 0.4) is 0 Å². The van der Waals surface area contributed by atoms with Crippen LogP contribution < -0.4 is 5.73 Å². The van der Waals surface area contributed by atoms with Crippen LogP contribution in [0.1, 0.15) is 27.2 Å². The summed E-state index contributed by atoms with van der Waals surface area (Å²) in [5, 5.41) is 0. The van der Waals surface area contributed by atoms with Crippen molar-refractivity contribution in [2.24, 2.45) is 11.1 Å². The lowest BCUT2D eigenvalue weighted by molar-refractivity contribution is -0.147. The average Bonchev–Trinajstić information content (AvgIpc) is 2.35. The Balaban J connectivity index is 2.50. The molecular weight excluding hydrogens is 154 g/mol. The van der Waals surface area contributed by atoms with E-state index in [0.29, 0.717) is 6.54 Å². The summed E-state index contributed by atoms with van der Waals surface area (Å²) in [5.41, 5.74) is 5.67. The summed E-state index contributed by atoms with van der Waals surface area (Å²) in [6, 6.07) is 0. The van der Waals surface area contributed by atoms with Crippen molar-refractivity contribution < 1.29 is 9.47 Å². The number of ether oxygens (including phenoxy) is 2. The van der Waals surface area contributed by atoms with Gasteiger partial charge in [-0.1, -0.05) is 13.8 Å². The lowest BCUT2D eigenvalue weighted by atomic mass is 9.86. The zero-order valence-electron chi connectivity index (χ0n) is 7.96. The maximum Gasteiger partial charge on any atom is 0.247 e. The molecule has 3 nitrogen and oxygen atoms in total. The van der Waals surface area contributed by atoms with Gasteiger partial charge in [-0.3, -0.25) is 0 Å². The van der Waals surface area contributed by atoms with E-state index < -0.39 is 5.79 Å². The van der Waals surface area contributed by atoms with E-state index in [1.807, 2.05) is 6.92 Å². The van der Waals surface area contributed by atoms with Crippen LogP contribution in [0, 0.1) is 5.41 Å². The highest BCUT2D eigenvalue weighted by molar-refractivity contribution is 4.85. The van der Waals surface area contributed by atoms with E-state index in [4.69, 9.17) is 15.2 Å². The zero-order chi connectivity index (χ0) is 9.24. The van der Waals surface area contributed by atoms with Gasteiger partial charge in [-0.25, -0.2) is 0 Å². The minimum Gasteiger partial charge on any atom is -0.457 e. The van der Waals surface area contributed by atoms with Crippen LogP contribution in [0.2, 0.25) is 0 Å². The molecule has 1 aliphatic rings. The van der Waals surface area contributed by atoms with Gasteiger partial charge in [0.2, 0.25) is 5.79 Å². The van der Waals surface area contributed by atoms with Gasteiger partial charge < -0.3 is 15.2 Å². The van der Waals surface area contributed by atoms with Crippen molar-refractivity contribution in [2.75, 3.05) is 6.54 Å². The van der Waals surface area contributed by atoms with Gasteiger partial charge in [-0.05, 0) is 12.0 Å². The van der Waals surface area contributed by atoms with Crippen LogP contribution in [-0.4, -0.2) is 12.3 Å². The molecule has 0 aromatic rings. The second-order valence-corrected chi connectivity index (χ2v) is 4.19. The normalized spacial score (nSPS) is 20.3. The third kappa shape index (κ3) is 2.14. The highest BCUT2D eigenvalue weighted by atomic mass is 16.7. The largest absolute Gasteiger partial charge is 0.457 e. The summed E-state index contributed by atoms with van der Waals surface area (Å²) in [5.74, 6) is -0.511. The molecule has 0 aromatic carbocycles. The molecule has 0 fully saturated rings. The zero-order valence-corrected chi connectivity index (χ0v) is 7.96. The molecule has 0 saturated carbocycles. The number of nitrogens with two attached hydrogens (primary N) is 1. The predicted molar refractivity (Wildman–Crippen MR) is 47.2 cm³/mol. The van der Waals surface area contributed by atoms with Gasteiger partial charge in [0, 0.05) is 13.3 Å². The fourth-order valence-electron chi connectivity index (χ4n) is 1.40. The van der Waals surface area contributed by atoms with Crippen LogP contribution in [0.4, 0.5) is 0 Å². The predicted octanol–water partition coefficient (Wildman–Crippen LogP) is 1.60. The van der Waals surface area contributed by atoms with Crippen molar-refractivity contribution in [3.05, 3.63) is 12.5 Å². The van der Waals surface area contributed by atoms with E-state index >= 15 is 0 Å². The molecule has 1 heterocycles. The SMILES string of the molecule is CC(C)(CN)CC1(C)OC=CO1. The van der Waals surface area contributed by atoms with E-state index in [9.17, 15) is 0 Å². The first-order valence-electron chi connectivity index (χ1n) is 4.18. The van der Waals surface area contributed by atoms with Crippen molar-refractivity contribution in [2.45, 2.75) is 33.0 Å². The van der Waals surface area contributed by atoms with Crippen molar-refractivity contribution in [1.29, 1.82) is 0 Å². The highest BCUT2D eigenvalue weighted by Gasteiger charge is 2.36. The second kappa shape index (κ2) is 2.98. The molecule has 2 N–H and O–H groups in total. The number of rotatable bonds is 3. The number of hydrogen-bond acceptors (Lipinski definition) is 3. The van der Waals surface area contributed by atoms with Crippen LogP contribution in [0.25, 0.3) is 0 Å². The molecule has 12 heavy (non-hydrogen) atoms. The molecule has 0 unspecified atom stereocenters. The third-order valence-electron chi connectivity index (χ3n) is 2.04. The van der Waals surface area contributed by atoms with E-state index in [1.165, 1.54) is 0 Å². The summed E-state index contributed by atoms with van der Waals surface area (Å²) in [4.78, 5) is 0. The van der Waals surface area contributed by atoms with Crippen LogP contribution >= 0.6 is 0 Å². The lowest BCUT2D eigenvalue weighted by Crippen LogP contribution is -2.36. The maximum atomic E-state index is 5.61. The first-order valence-corrected chi connectivity index (χ1v) is 4.18. The van der Waals surface area contributed by atoms with Gasteiger partial charge in [0.25, 0.3) is 0 Å². The molecule has 1 aliphatic heterocycles. The summed E-state index contributed by atoms with van der Waals surface area (Å²) >= 11 is 0. The summed E-state index contributed by atoms with van der Waals surface area (Å²) in [6.07, 6.45) is 3.95. The van der Waals surface area contributed by atoms with Crippen molar-refractivity contribution >= 4 is 0 Å². The minimum atomic E-state index is -0.511. The smallest absolute Gasteiger partial charge is 0.247 e. The lowest BCUT2D eigenvalue weighted by Gasteiger charge is -2.32. The van der Waals surface area contributed by atoms with Gasteiger partial charge in [0.05, 0.1) is 0 Å². The average molecular weight is 171 g/mol. The highest BCUT2D eigenvalue weighted by Crippen LogP contribution is 2.33. The Bertz CT molecular complexity index is 179. The van der Waals surface area contributed by atoms with E-state index in [2.05, 4.69) is 13.8 Å². The first kappa shape index (κ1) is 9.39. The van der Waals surface area contributed by atoms with Crippen LogP contribution in [0.5, 0.6) is 0 Å². The van der Waals surface area contributed by atoms with Crippen molar-refractivity contribution in [3.63, 3.8) is 0 Å². The molecule has 0 amide bonds. The molecule has 0 saturated heterocycles. The third-order valence-corrected chi connectivity index (χ3v) is 2.04. The van der Waals surface area contributed by atoms with Crippen LogP contribution in [-0.2, 0) is 9.47 Å². The molecule has 3 heteroatoms. The second-order valence-electron chi connectivity index (χ2n) is 4.19. The van der Waals surface area contributed by atoms with E-state index in [1.54, 1.807) is 12.5 Å². The van der Waals surface area contributed by atoms with Gasteiger partial charge in [0.15, 0.2) is 0 Å². The van der Waals surface area contributed by atoms with Crippen LogP contribution in [0.15, 0.2) is 12.5 Å². The Morgan fingerprint density at radius 1 is 1.33 bits per heavy atom. The van der Waals surface area contributed by atoms with E-state index in [0.717, 1.165) is 6.42 Å². The molecule has 0 spiro atoms. The molecule has 0 aliphatic carbocycles. The summed E-state index contributed by atoms with van der Waals surface area (Å²) < 4.78 is 10.6.